The Labute approximate surface area is 128 Å². The summed E-state index contributed by atoms with van der Waals surface area (Å²) in [5.74, 6) is -0.958. The van der Waals surface area contributed by atoms with Crippen molar-refractivity contribution in [2.75, 3.05) is 14.2 Å². The van der Waals surface area contributed by atoms with Gasteiger partial charge in [-0.2, -0.15) is 0 Å². The van der Waals surface area contributed by atoms with Crippen LogP contribution in [0.4, 0.5) is 8.78 Å². The number of carbonyl (C=O) groups excluding carboxylic acids is 1. The Balaban J connectivity index is 2.02. The van der Waals surface area contributed by atoms with Gasteiger partial charge in [-0.25, -0.2) is 8.78 Å². The quantitative estimate of drug-likeness (QED) is 0.849. The molecule has 0 saturated heterocycles. The lowest BCUT2D eigenvalue weighted by molar-refractivity contribution is -0.129. The van der Waals surface area contributed by atoms with E-state index < -0.39 is 11.6 Å². The minimum Gasteiger partial charge on any atom is -0.494 e. The number of halogens is 2. The van der Waals surface area contributed by atoms with Crippen LogP contribution in [0.3, 0.4) is 0 Å². The zero-order chi connectivity index (χ0) is 16.1. The molecule has 0 aliphatic heterocycles. The van der Waals surface area contributed by atoms with E-state index in [1.54, 1.807) is 31.3 Å². The Kier molecular flexibility index (Phi) is 5.09. The molecule has 2 rings (SSSR count). The molecule has 22 heavy (non-hydrogen) atoms. The molecular weight excluding hydrogens is 288 g/mol. The molecule has 0 radical (unpaired) electrons. The lowest BCUT2D eigenvalue weighted by atomic mass is 10.1. The van der Waals surface area contributed by atoms with Gasteiger partial charge in [0.25, 0.3) is 0 Å². The molecule has 116 valence electrons. The van der Waals surface area contributed by atoms with Crippen LogP contribution < -0.4 is 4.74 Å². The second kappa shape index (κ2) is 7.02. The van der Waals surface area contributed by atoms with Crippen molar-refractivity contribution < 1.29 is 18.3 Å². The summed E-state index contributed by atoms with van der Waals surface area (Å²) >= 11 is 0. The molecule has 0 fully saturated rings. The van der Waals surface area contributed by atoms with Crippen LogP contribution in [0.2, 0.25) is 0 Å². The van der Waals surface area contributed by atoms with Crippen molar-refractivity contribution in [3.63, 3.8) is 0 Å². The smallest absolute Gasteiger partial charge is 0.227 e. The largest absolute Gasteiger partial charge is 0.494 e. The summed E-state index contributed by atoms with van der Waals surface area (Å²) in [5.41, 5.74) is 0.989. The fourth-order valence-corrected chi connectivity index (χ4v) is 2.11. The summed E-state index contributed by atoms with van der Waals surface area (Å²) in [6.45, 7) is 0.244. The number of likely N-dealkylation sites (N-methyl/N-ethyl adjacent to an activating group) is 1. The molecule has 0 atom stereocenters. The third kappa shape index (κ3) is 3.81. The Morgan fingerprint density at radius 1 is 1.14 bits per heavy atom. The first-order chi connectivity index (χ1) is 10.5. The maximum atomic E-state index is 13.6. The molecule has 0 bridgehead atoms. The molecule has 0 spiro atoms. The summed E-state index contributed by atoms with van der Waals surface area (Å²) in [4.78, 5) is 13.6. The average molecular weight is 305 g/mol. The topological polar surface area (TPSA) is 29.5 Å². The van der Waals surface area contributed by atoms with Gasteiger partial charge in [-0.3, -0.25) is 4.79 Å². The monoisotopic (exact) mass is 305 g/mol. The van der Waals surface area contributed by atoms with Crippen molar-refractivity contribution >= 4 is 5.91 Å². The second-order valence-corrected chi connectivity index (χ2v) is 4.99. The third-order valence-electron chi connectivity index (χ3n) is 3.36. The molecule has 0 aromatic heterocycles. The molecule has 2 aromatic carbocycles. The van der Waals surface area contributed by atoms with Crippen molar-refractivity contribution in [3.8, 4) is 5.75 Å². The number of rotatable bonds is 5. The van der Waals surface area contributed by atoms with Crippen LogP contribution in [0.5, 0.6) is 5.75 Å². The Hall–Kier alpha value is -2.43. The van der Waals surface area contributed by atoms with Gasteiger partial charge in [-0.15, -0.1) is 0 Å². The highest BCUT2D eigenvalue weighted by Crippen LogP contribution is 2.18. The molecule has 0 aliphatic rings. The molecule has 2 aromatic rings. The molecular formula is C17H17F2NO2. The maximum Gasteiger partial charge on any atom is 0.227 e. The van der Waals surface area contributed by atoms with Gasteiger partial charge >= 0.3 is 0 Å². The van der Waals surface area contributed by atoms with Crippen molar-refractivity contribution in [2.24, 2.45) is 0 Å². The molecule has 0 N–H and O–H groups in total. The van der Waals surface area contributed by atoms with Crippen LogP contribution >= 0.6 is 0 Å². The minimum atomic E-state index is -0.477. The van der Waals surface area contributed by atoms with Crippen LogP contribution in [0.25, 0.3) is 0 Å². The van der Waals surface area contributed by atoms with Gasteiger partial charge in [-0.1, -0.05) is 24.3 Å². The normalized spacial score (nSPS) is 10.4. The first kappa shape index (κ1) is 15.9. The summed E-state index contributed by atoms with van der Waals surface area (Å²) < 4.78 is 32.0. The number of hydrogen-bond acceptors (Lipinski definition) is 2. The SMILES string of the molecule is COc1ccc(CN(C)C(=O)Cc2ccccc2F)cc1F. The summed E-state index contributed by atoms with van der Waals surface area (Å²) in [6, 6.07) is 10.7. The van der Waals surface area contributed by atoms with Crippen molar-refractivity contribution in [2.45, 2.75) is 13.0 Å². The first-order valence-corrected chi connectivity index (χ1v) is 6.81. The Bertz CT molecular complexity index is 673. The first-order valence-electron chi connectivity index (χ1n) is 6.81. The van der Waals surface area contributed by atoms with Crippen LogP contribution in [0, 0.1) is 11.6 Å². The molecule has 1 amide bonds. The van der Waals surface area contributed by atoms with E-state index in [0.717, 1.165) is 0 Å². The standard InChI is InChI=1S/C17H17F2NO2/c1-20(11-12-7-8-16(22-2)15(19)9-12)17(21)10-13-5-3-4-6-14(13)18/h3-9H,10-11H2,1-2H3. The third-order valence-corrected chi connectivity index (χ3v) is 3.36. The highest BCUT2D eigenvalue weighted by molar-refractivity contribution is 5.78. The molecule has 0 heterocycles. The summed E-state index contributed by atoms with van der Waals surface area (Å²) in [7, 11) is 2.99. The summed E-state index contributed by atoms with van der Waals surface area (Å²) in [6.07, 6.45) is -0.0260. The van der Waals surface area contributed by atoms with E-state index in [4.69, 9.17) is 4.74 Å². The van der Waals surface area contributed by atoms with Crippen LogP contribution in [-0.2, 0) is 17.8 Å². The van der Waals surface area contributed by atoms with Gasteiger partial charge in [0.1, 0.15) is 5.82 Å². The Morgan fingerprint density at radius 3 is 2.50 bits per heavy atom. The number of ether oxygens (including phenoxy) is 1. The minimum absolute atomic E-state index is 0.0260. The number of carbonyl (C=O) groups is 1. The molecule has 3 nitrogen and oxygen atoms in total. The molecule has 0 unspecified atom stereocenters. The van der Waals surface area contributed by atoms with Gasteiger partial charge in [-0.05, 0) is 29.3 Å². The van der Waals surface area contributed by atoms with Crippen LogP contribution in [-0.4, -0.2) is 25.0 Å². The predicted octanol–water partition coefficient (Wildman–Crippen LogP) is 3.17. The fraction of sp³-hybridized carbons (Fsp3) is 0.235. The predicted molar refractivity (Wildman–Crippen MR) is 79.5 cm³/mol. The van der Waals surface area contributed by atoms with Gasteiger partial charge in [0, 0.05) is 13.6 Å². The van der Waals surface area contributed by atoms with E-state index in [2.05, 4.69) is 0 Å². The van der Waals surface area contributed by atoms with E-state index in [-0.39, 0.29) is 24.6 Å². The van der Waals surface area contributed by atoms with E-state index in [1.807, 2.05) is 0 Å². The highest BCUT2D eigenvalue weighted by Gasteiger charge is 2.13. The van der Waals surface area contributed by atoms with Gasteiger partial charge in [0.05, 0.1) is 13.5 Å². The maximum absolute atomic E-state index is 13.6. The lowest BCUT2D eigenvalue weighted by Crippen LogP contribution is -2.28. The van der Waals surface area contributed by atoms with E-state index >= 15 is 0 Å². The average Bonchev–Trinajstić information content (AvgIpc) is 2.49. The van der Waals surface area contributed by atoms with E-state index in [1.165, 1.54) is 30.2 Å². The fourth-order valence-electron chi connectivity index (χ4n) is 2.11. The van der Waals surface area contributed by atoms with Crippen molar-refractivity contribution in [3.05, 3.63) is 65.2 Å². The van der Waals surface area contributed by atoms with Crippen molar-refractivity contribution in [1.29, 1.82) is 0 Å². The molecule has 0 aliphatic carbocycles. The zero-order valence-electron chi connectivity index (χ0n) is 12.5. The Morgan fingerprint density at radius 2 is 1.86 bits per heavy atom. The van der Waals surface area contributed by atoms with Gasteiger partial charge < -0.3 is 9.64 Å². The zero-order valence-corrected chi connectivity index (χ0v) is 12.5. The van der Waals surface area contributed by atoms with Crippen LogP contribution in [0.1, 0.15) is 11.1 Å². The summed E-state index contributed by atoms with van der Waals surface area (Å²) in [5, 5.41) is 0. The molecule has 5 heteroatoms. The van der Waals surface area contributed by atoms with Crippen LogP contribution in [0.15, 0.2) is 42.5 Å². The number of methoxy groups -OCH3 is 1. The van der Waals surface area contributed by atoms with Gasteiger partial charge in [0.2, 0.25) is 5.91 Å². The number of benzene rings is 2. The van der Waals surface area contributed by atoms with Crippen molar-refractivity contribution in [1.82, 2.24) is 4.90 Å². The lowest BCUT2D eigenvalue weighted by Gasteiger charge is -2.18. The molecule has 0 saturated carbocycles. The number of nitrogens with zero attached hydrogens (tertiary/aromatic N) is 1. The van der Waals surface area contributed by atoms with E-state index in [9.17, 15) is 13.6 Å². The second-order valence-electron chi connectivity index (χ2n) is 4.99. The number of hydrogen-bond donors (Lipinski definition) is 0. The van der Waals surface area contributed by atoms with E-state index in [0.29, 0.717) is 11.1 Å². The van der Waals surface area contributed by atoms with Gasteiger partial charge in [0.15, 0.2) is 11.6 Å². The number of amides is 1. The highest BCUT2D eigenvalue weighted by atomic mass is 19.1.